The molecule has 0 aliphatic carbocycles. The summed E-state index contributed by atoms with van der Waals surface area (Å²) in [4.78, 5) is 0. The van der Waals surface area contributed by atoms with Crippen molar-refractivity contribution < 1.29 is 10.2 Å². The zero-order valence-corrected chi connectivity index (χ0v) is 15.7. The Kier molecular flexibility index (Phi) is 6.26. The van der Waals surface area contributed by atoms with Crippen molar-refractivity contribution in [3.05, 3.63) is 65.2 Å². The minimum atomic E-state index is -0.359. The Hall–Kier alpha value is -1.84. The van der Waals surface area contributed by atoms with Gasteiger partial charge in [0.05, 0.1) is 6.61 Å². The average molecular weight is 341 g/mol. The molecule has 25 heavy (non-hydrogen) atoms. The van der Waals surface area contributed by atoms with E-state index in [4.69, 9.17) is 5.73 Å². The fraction of sp³-hybridized carbons (Fsp3) is 0.455. The molecule has 2 aromatic carbocycles. The number of benzene rings is 2. The van der Waals surface area contributed by atoms with E-state index in [0.717, 1.165) is 23.1 Å². The summed E-state index contributed by atoms with van der Waals surface area (Å²) in [5.74, 6) is 0.840. The number of hydrogen-bond acceptors (Lipinski definition) is 3. The number of aliphatic hydroxyl groups excluding tert-OH is 1. The third-order valence-electron chi connectivity index (χ3n) is 5.56. The largest absolute Gasteiger partial charge is 0.508 e. The van der Waals surface area contributed by atoms with Crippen molar-refractivity contribution in [3.63, 3.8) is 0 Å². The highest BCUT2D eigenvalue weighted by molar-refractivity contribution is 5.44. The molecular weight excluding hydrogens is 310 g/mol. The van der Waals surface area contributed by atoms with E-state index in [0.29, 0.717) is 11.8 Å². The molecule has 0 amide bonds. The van der Waals surface area contributed by atoms with Gasteiger partial charge in [0.1, 0.15) is 5.75 Å². The third kappa shape index (κ3) is 4.23. The Morgan fingerprint density at radius 2 is 1.56 bits per heavy atom. The number of rotatable bonds is 7. The van der Waals surface area contributed by atoms with Crippen LogP contribution in [0.3, 0.4) is 0 Å². The second kappa shape index (κ2) is 8.03. The normalized spacial score (nSPS) is 13.4. The molecule has 2 rings (SSSR count). The lowest BCUT2D eigenvalue weighted by Gasteiger charge is -2.41. The van der Waals surface area contributed by atoms with Crippen LogP contribution in [0.4, 0.5) is 0 Å². The van der Waals surface area contributed by atoms with Crippen molar-refractivity contribution in [1.82, 2.24) is 0 Å². The molecular formula is C22H31NO2. The van der Waals surface area contributed by atoms with Crippen LogP contribution >= 0.6 is 0 Å². The summed E-state index contributed by atoms with van der Waals surface area (Å²) in [6.45, 7) is 8.59. The first-order chi connectivity index (χ1) is 11.8. The summed E-state index contributed by atoms with van der Waals surface area (Å²) < 4.78 is 0. The molecule has 0 aliphatic rings. The number of phenolic OH excluding ortho intramolecular Hbond substituents is 1. The van der Waals surface area contributed by atoms with Crippen molar-refractivity contribution in [2.24, 2.45) is 17.6 Å². The SMILES string of the molecule is CC(C)C(N)(CC(c1ccccc1)c1cc(CO)ccc1O)C(C)C. The molecule has 136 valence electrons. The second-order valence-corrected chi connectivity index (χ2v) is 7.64. The first-order valence-electron chi connectivity index (χ1n) is 9.06. The van der Waals surface area contributed by atoms with Crippen LogP contribution in [0.2, 0.25) is 0 Å². The zero-order chi connectivity index (χ0) is 18.6. The third-order valence-corrected chi connectivity index (χ3v) is 5.56. The number of aromatic hydroxyl groups is 1. The van der Waals surface area contributed by atoms with E-state index in [-0.39, 0.29) is 23.8 Å². The molecule has 2 aromatic rings. The quantitative estimate of drug-likeness (QED) is 0.698. The molecule has 0 bridgehead atoms. The summed E-state index contributed by atoms with van der Waals surface area (Å²) in [7, 11) is 0. The molecule has 0 spiro atoms. The summed E-state index contributed by atoms with van der Waals surface area (Å²) >= 11 is 0. The number of phenols is 1. The Labute approximate surface area is 151 Å². The fourth-order valence-electron chi connectivity index (χ4n) is 3.57. The number of nitrogens with two attached hydrogens (primary N) is 1. The number of aliphatic hydroxyl groups is 1. The van der Waals surface area contributed by atoms with Gasteiger partial charge in [-0.05, 0) is 41.5 Å². The van der Waals surface area contributed by atoms with Crippen LogP contribution in [-0.2, 0) is 6.61 Å². The molecule has 1 unspecified atom stereocenters. The standard InChI is InChI=1S/C22H31NO2/c1-15(2)22(23,16(3)4)13-20(18-8-6-5-7-9-18)19-12-17(14-24)10-11-21(19)25/h5-12,15-16,20,24-25H,13-14,23H2,1-4H3. The lowest BCUT2D eigenvalue weighted by Crippen LogP contribution is -2.51. The van der Waals surface area contributed by atoms with Crippen molar-refractivity contribution >= 4 is 0 Å². The summed E-state index contributed by atoms with van der Waals surface area (Å²) in [6, 6.07) is 15.5. The highest BCUT2D eigenvalue weighted by Crippen LogP contribution is 2.41. The van der Waals surface area contributed by atoms with Crippen LogP contribution in [0, 0.1) is 11.8 Å². The zero-order valence-electron chi connectivity index (χ0n) is 15.7. The maximum absolute atomic E-state index is 10.5. The maximum atomic E-state index is 10.5. The lowest BCUT2D eigenvalue weighted by molar-refractivity contribution is 0.199. The Balaban J connectivity index is 2.56. The maximum Gasteiger partial charge on any atom is 0.119 e. The molecule has 0 saturated heterocycles. The van der Waals surface area contributed by atoms with E-state index in [1.54, 1.807) is 12.1 Å². The van der Waals surface area contributed by atoms with Crippen molar-refractivity contribution in [2.45, 2.75) is 52.2 Å². The van der Waals surface area contributed by atoms with Crippen molar-refractivity contribution in [1.29, 1.82) is 0 Å². The van der Waals surface area contributed by atoms with E-state index in [1.165, 1.54) is 0 Å². The van der Waals surface area contributed by atoms with Gasteiger partial charge in [-0.15, -0.1) is 0 Å². The van der Waals surface area contributed by atoms with E-state index >= 15 is 0 Å². The molecule has 0 saturated carbocycles. The van der Waals surface area contributed by atoms with Gasteiger partial charge >= 0.3 is 0 Å². The van der Waals surface area contributed by atoms with Crippen LogP contribution < -0.4 is 5.73 Å². The summed E-state index contributed by atoms with van der Waals surface area (Å²) in [5, 5.41) is 20.0. The van der Waals surface area contributed by atoms with Gasteiger partial charge in [0.2, 0.25) is 0 Å². The molecule has 4 N–H and O–H groups in total. The van der Waals surface area contributed by atoms with E-state index in [9.17, 15) is 10.2 Å². The molecule has 1 atom stereocenters. The van der Waals surface area contributed by atoms with Gasteiger partial charge < -0.3 is 15.9 Å². The van der Waals surface area contributed by atoms with Crippen LogP contribution in [0.25, 0.3) is 0 Å². The average Bonchev–Trinajstić information content (AvgIpc) is 2.60. The van der Waals surface area contributed by atoms with Crippen molar-refractivity contribution in [2.75, 3.05) is 0 Å². The van der Waals surface area contributed by atoms with E-state index < -0.39 is 0 Å². The molecule has 3 nitrogen and oxygen atoms in total. The molecule has 0 aromatic heterocycles. The second-order valence-electron chi connectivity index (χ2n) is 7.64. The molecule has 3 heteroatoms. The summed E-state index contributed by atoms with van der Waals surface area (Å²) in [6.07, 6.45) is 0.731. The molecule has 0 heterocycles. The summed E-state index contributed by atoms with van der Waals surface area (Å²) in [5.41, 5.74) is 9.24. The minimum absolute atomic E-state index is 0.0255. The fourth-order valence-corrected chi connectivity index (χ4v) is 3.57. The predicted octanol–water partition coefficient (Wildman–Crippen LogP) is 4.42. The van der Waals surface area contributed by atoms with Crippen LogP contribution in [0.5, 0.6) is 5.75 Å². The van der Waals surface area contributed by atoms with E-state index in [2.05, 4.69) is 39.8 Å². The highest BCUT2D eigenvalue weighted by Gasteiger charge is 2.36. The monoisotopic (exact) mass is 341 g/mol. The Morgan fingerprint density at radius 3 is 2.08 bits per heavy atom. The van der Waals surface area contributed by atoms with Gasteiger partial charge in [-0.3, -0.25) is 0 Å². The van der Waals surface area contributed by atoms with Crippen LogP contribution in [-0.4, -0.2) is 15.8 Å². The van der Waals surface area contributed by atoms with Gasteiger partial charge in [-0.2, -0.15) is 0 Å². The van der Waals surface area contributed by atoms with Gasteiger partial charge in [0.15, 0.2) is 0 Å². The minimum Gasteiger partial charge on any atom is -0.508 e. The Bertz CT molecular complexity index is 672. The topological polar surface area (TPSA) is 66.5 Å². The number of hydrogen-bond donors (Lipinski definition) is 3. The van der Waals surface area contributed by atoms with Gasteiger partial charge in [-0.25, -0.2) is 0 Å². The van der Waals surface area contributed by atoms with E-state index in [1.807, 2.05) is 24.3 Å². The molecule has 0 aliphatic heterocycles. The van der Waals surface area contributed by atoms with Crippen LogP contribution in [0.1, 0.15) is 56.7 Å². The predicted molar refractivity (Wildman–Crippen MR) is 104 cm³/mol. The highest BCUT2D eigenvalue weighted by atomic mass is 16.3. The van der Waals surface area contributed by atoms with Gasteiger partial charge in [0, 0.05) is 17.0 Å². The Morgan fingerprint density at radius 1 is 0.960 bits per heavy atom. The van der Waals surface area contributed by atoms with Crippen LogP contribution in [0.15, 0.2) is 48.5 Å². The molecule has 0 radical (unpaired) electrons. The first-order valence-corrected chi connectivity index (χ1v) is 9.06. The van der Waals surface area contributed by atoms with Gasteiger partial charge in [-0.1, -0.05) is 64.1 Å². The molecule has 0 fully saturated rings. The first kappa shape index (κ1) is 19.5. The van der Waals surface area contributed by atoms with Gasteiger partial charge in [0.25, 0.3) is 0 Å². The smallest absolute Gasteiger partial charge is 0.119 e. The van der Waals surface area contributed by atoms with Crippen molar-refractivity contribution in [3.8, 4) is 5.75 Å². The lowest BCUT2D eigenvalue weighted by atomic mass is 9.69.